The largest absolute Gasteiger partial charge is 0.458 e. The quantitative estimate of drug-likeness (QED) is 0.665. The SMILES string of the molecule is Cc1ccc(OC2=CCC=C2)cc1. The van der Waals surface area contributed by atoms with E-state index in [9.17, 15) is 0 Å². The van der Waals surface area contributed by atoms with E-state index in [1.807, 2.05) is 18.2 Å². The minimum absolute atomic E-state index is 0.906. The minimum atomic E-state index is 0.906. The molecule has 1 aliphatic rings. The maximum absolute atomic E-state index is 5.60. The third kappa shape index (κ3) is 2.00. The van der Waals surface area contributed by atoms with Crippen LogP contribution in [0, 0.1) is 6.92 Å². The Hall–Kier alpha value is -1.50. The summed E-state index contributed by atoms with van der Waals surface area (Å²) in [5, 5.41) is 0. The van der Waals surface area contributed by atoms with Crippen LogP contribution in [0.5, 0.6) is 5.75 Å². The number of hydrogen-bond acceptors (Lipinski definition) is 1. The molecular formula is C12H12O. The van der Waals surface area contributed by atoms with Gasteiger partial charge in [0.1, 0.15) is 11.5 Å². The Labute approximate surface area is 78.3 Å². The highest BCUT2D eigenvalue weighted by molar-refractivity contribution is 5.31. The van der Waals surface area contributed by atoms with Crippen LogP contribution in [0.4, 0.5) is 0 Å². The van der Waals surface area contributed by atoms with Gasteiger partial charge in [0.2, 0.25) is 0 Å². The molecule has 0 aliphatic heterocycles. The third-order valence-electron chi connectivity index (χ3n) is 1.99. The Morgan fingerprint density at radius 3 is 2.54 bits per heavy atom. The van der Waals surface area contributed by atoms with Gasteiger partial charge in [0.25, 0.3) is 0 Å². The van der Waals surface area contributed by atoms with E-state index in [1.54, 1.807) is 0 Å². The van der Waals surface area contributed by atoms with Crippen LogP contribution in [0.3, 0.4) is 0 Å². The van der Waals surface area contributed by atoms with Crippen molar-refractivity contribution in [1.29, 1.82) is 0 Å². The number of hydrogen-bond donors (Lipinski definition) is 0. The van der Waals surface area contributed by atoms with Crippen LogP contribution < -0.4 is 4.74 Å². The fourth-order valence-electron chi connectivity index (χ4n) is 1.25. The average Bonchev–Trinajstić information content (AvgIpc) is 2.62. The van der Waals surface area contributed by atoms with Crippen LogP contribution in [0.2, 0.25) is 0 Å². The van der Waals surface area contributed by atoms with Gasteiger partial charge in [-0.1, -0.05) is 23.8 Å². The molecular weight excluding hydrogens is 160 g/mol. The third-order valence-corrected chi connectivity index (χ3v) is 1.99. The summed E-state index contributed by atoms with van der Waals surface area (Å²) in [5.74, 6) is 1.85. The second-order valence-electron chi connectivity index (χ2n) is 3.16. The van der Waals surface area contributed by atoms with E-state index < -0.39 is 0 Å². The molecule has 1 heteroatoms. The van der Waals surface area contributed by atoms with Gasteiger partial charge >= 0.3 is 0 Å². The van der Waals surface area contributed by atoms with Gasteiger partial charge in [0, 0.05) is 0 Å². The summed E-state index contributed by atoms with van der Waals surface area (Å²) >= 11 is 0. The lowest BCUT2D eigenvalue weighted by molar-refractivity contribution is 0.445. The number of rotatable bonds is 2. The van der Waals surface area contributed by atoms with Gasteiger partial charge in [-0.05, 0) is 37.6 Å². The van der Waals surface area contributed by atoms with E-state index in [0.717, 1.165) is 17.9 Å². The standard InChI is InChI=1S/C12H12O/c1-10-6-8-12(9-7-10)13-11-4-2-3-5-11/h2,4-9H,3H2,1H3. The summed E-state index contributed by atoms with van der Waals surface area (Å²) in [6, 6.07) is 8.08. The van der Waals surface area contributed by atoms with Gasteiger partial charge in [-0.15, -0.1) is 0 Å². The Balaban J connectivity index is 2.09. The van der Waals surface area contributed by atoms with Crippen molar-refractivity contribution in [2.75, 3.05) is 0 Å². The maximum Gasteiger partial charge on any atom is 0.127 e. The fourth-order valence-corrected chi connectivity index (χ4v) is 1.25. The number of allylic oxidation sites excluding steroid dienone is 3. The minimum Gasteiger partial charge on any atom is -0.458 e. The molecule has 0 aromatic heterocycles. The topological polar surface area (TPSA) is 9.23 Å². The molecule has 0 heterocycles. The van der Waals surface area contributed by atoms with Crippen LogP contribution in [0.25, 0.3) is 0 Å². The first-order valence-corrected chi connectivity index (χ1v) is 4.46. The van der Waals surface area contributed by atoms with Crippen LogP contribution in [-0.4, -0.2) is 0 Å². The smallest absolute Gasteiger partial charge is 0.127 e. The highest BCUT2D eigenvalue weighted by Crippen LogP contribution is 2.18. The van der Waals surface area contributed by atoms with Gasteiger partial charge in [-0.25, -0.2) is 0 Å². The summed E-state index contributed by atoms with van der Waals surface area (Å²) in [6.07, 6.45) is 7.14. The molecule has 0 unspecified atom stereocenters. The van der Waals surface area contributed by atoms with Gasteiger partial charge < -0.3 is 4.74 Å². The molecule has 2 rings (SSSR count). The van der Waals surface area contributed by atoms with Crippen molar-refractivity contribution in [2.24, 2.45) is 0 Å². The van der Waals surface area contributed by atoms with E-state index in [2.05, 4.69) is 31.2 Å². The van der Waals surface area contributed by atoms with Crippen molar-refractivity contribution >= 4 is 0 Å². The monoisotopic (exact) mass is 172 g/mol. The fraction of sp³-hybridized carbons (Fsp3) is 0.167. The van der Waals surface area contributed by atoms with Gasteiger partial charge in [0.05, 0.1) is 0 Å². The molecule has 0 amide bonds. The zero-order valence-corrected chi connectivity index (χ0v) is 7.66. The Morgan fingerprint density at radius 1 is 1.15 bits per heavy atom. The van der Waals surface area contributed by atoms with E-state index in [-0.39, 0.29) is 0 Å². The highest BCUT2D eigenvalue weighted by atomic mass is 16.5. The highest BCUT2D eigenvalue weighted by Gasteiger charge is 1.99. The summed E-state index contributed by atoms with van der Waals surface area (Å²) in [7, 11) is 0. The van der Waals surface area contributed by atoms with Gasteiger partial charge in [0.15, 0.2) is 0 Å². The lowest BCUT2D eigenvalue weighted by Gasteiger charge is -2.04. The van der Waals surface area contributed by atoms with Gasteiger partial charge in [-0.3, -0.25) is 0 Å². The van der Waals surface area contributed by atoms with E-state index in [1.165, 1.54) is 5.56 Å². The van der Waals surface area contributed by atoms with Crippen molar-refractivity contribution < 1.29 is 4.74 Å². The van der Waals surface area contributed by atoms with E-state index in [0.29, 0.717) is 0 Å². The first-order chi connectivity index (χ1) is 6.34. The van der Waals surface area contributed by atoms with E-state index in [4.69, 9.17) is 4.74 Å². The van der Waals surface area contributed by atoms with Crippen molar-refractivity contribution in [2.45, 2.75) is 13.3 Å². The molecule has 0 N–H and O–H groups in total. The summed E-state index contributed by atoms with van der Waals surface area (Å²) in [5.41, 5.74) is 1.25. The second-order valence-corrected chi connectivity index (χ2v) is 3.16. The van der Waals surface area contributed by atoms with Crippen LogP contribution in [0.15, 0.2) is 48.3 Å². The summed E-state index contributed by atoms with van der Waals surface area (Å²) < 4.78 is 5.60. The zero-order valence-electron chi connectivity index (χ0n) is 7.66. The zero-order chi connectivity index (χ0) is 9.10. The first-order valence-electron chi connectivity index (χ1n) is 4.46. The van der Waals surface area contributed by atoms with E-state index >= 15 is 0 Å². The molecule has 1 nitrogen and oxygen atoms in total. The summed E-state index contributed by atoms with van der Waals surface area (Å²) in [4.78, 5) is 0. The van der Waals surface area contributed by atoms with Crippen molar-refractivity contribution in [3.63, 3.8) is 0 Å². The lowest BCUT2D eigenvalue weighted by Crippen LogP contribution is -1.89. The van der Waals surface area contributed by atoms with Crippen molar-refractivity contribution in [3.05, 3.63) is 53.8 Å². The molecule has 0 radical (unpaired) electrons. The van der Waals surface area contributed by atoms with Crippen LogP contribution >= 0.6 is 0 Å². The Kier molecular flexibility index (Phi) is 2.17. The molecule has 0 fully saturated rings. The molecule has 0 spiro atoms. The van der Waals surface area contributed by atoms with Crippen molar-refractivity contribution in [1.82, 2.24) is 0 Å². The average molecular weight is 172 g/mol. The Morgan fingerprint density at radius 2 is 1.92 bits per heavy atom. The normalized spacial score (nSPS) is 14.4. The van der Waals surface area contributed by atoms with Crippen LogP contribution in [-0.2, 0) is 0 Å². The molecule has 13 heavy (non-hydrogen) atoms. The Bertz CT molecular complexity index is 344. The molecule has 1 aromatic rings. The molecule has 0 bridgehead atoms. The maximum atomic E-state index is 5.60. The van der Waals surface area contributed by atoms with Gasteiger partial charge in [-0.2, -0.15) is 0 Å². The number of benzene rings is 1. The molecule has 66 valence electrons. The predicted molar refractivity (Wildman–Crippen MR) is 53.6 cm³/mol. The second kappa shape index (κ2) is 3.48. The first kappa shape index (κ1) is 8.11. The number of ether oxygens (including phenoxy) is 1. The summed E-state index contributed by atoms with van der Waals surface area (Å²) in [6.45, 7) is 2.07. The molecule has 0 saturated carbocycles. The molecule has 0 atom stereocenters. The number of aryl methyl sites for hydroxylation is 1. The lowest BCUT2D eigenvalue weighted by atomic mass is 10.2. The molecule has 1 aliphatic carbocycles. The van der Waals surface area contributed by atoms with Crippen molar-refractivity contribution in [3.8, 4) is 5.75 Å². The molecule has 1 aromatic carbocycles. The van der Waals surface area contributed by atoms with Crippen LogP contribution in [0.1, 0.15) is 12.0 Å². The molecule has 0 saturated heterocycles. The predicted octanol–water partition coefficient (Wildman–Crippen LogP) is 3.22.